The Labute approximate surface area is 86.9 Å². The van der Waals surface area contributed by atoms with Gasteiger partial charge in [0.1, 0.15) is 17.4 Å². The number of carbonyl (C=O) groups is 1. The van der Waals surface area contributed by atoms with E-state index in [1.54, 1.807) is 0 Å². The average molecular weight is 214 g/mol. The third kappa shape index (κ3) is 3.09. The van der Waals surface area contributed by atoms with E-state index in [1.165, 1.54) is 14.0 Å². The number of hydrogen-bond donors (Lipinski definition) is 0. The lowest BCUT2D eigenvalue weighted by molar-refractivity contribution is -0.116. The van der Waals surface area contributed by atoms with E-state index in [0.717, 1.165) is 12.1 Å². The van der Waals surface area contributed by atoms with Crippen LogP contribution in [0, 0.1) is 11.6 Å². The number of Topliss-reactive ketones (excluding diaryl/α,β-unsaturated/α-hetero) is 1. The van der Waals surface area contributed by atoms with Crippen LogP contribution in [-0.2, 0) is 22.6 Å². The number of carbonyl (C=O) groups excluding carboxylic acids is 1. The molecule has 0 aromatic heterocycles. The predicted octanol–water partition coefficient (Wildman–Crippen LogP) is 2.24. The van der Waals surface area contributed by atoms with Gasteiger partial charge in [-0.1, -0.05) is 0 Å². The van der Waals surface area contributed by atoms with Crippen LogP contribution >= 0.6 is 0 Å². The van der Waals surface area contributed by atoms with E-state index in [1.807, 2.05) is 0 Å². The summed E-state index contributed by atoms with van der Waals surface area (Å²) in [6, 6.07) is 2.11. The number of ether oxygens (including phenoxy) is 1. The van der Waals surface area contributed by atoms with E-state index in [4.69, 9.17) is 4.74 Å². The van der Waals surface area contributed by atoms with Gasteiger partial charge in [0.2, 0.25) is 0 Å². The monoisotopic (exact) mass is 214 g/mol. The number of ketones is 1. The number of halogens is 2. The van der Waals surface area contributed by atoms with Crippen LogP contribution in [0.25, 0.3) is 0 Å². The zero-order valence-corrected chi connectivity index (χ0v) is 8.64. The van der Waals surface area contributed by atoms with Crippen molar-refractivity contribution in [1.82, 2.24) is 0 Å². The number of methoxy groups -OCH3 is 1. The number of rotatable bonds is 4. The van der Waals surface area contributed by atoms with E-state index in [9.17, 15) is 13.6 Å². The molecule has 1 aromatic carbocycles. The van der Waals surface area contributed by atoms with Crippen LogP contribution in [0.3, 0.4) is 0 Å². The van der Waals surface area contributed by atoms with Crippen molar-refractivity contribution in [2.45, 2.75) is 20.0 Å². The summed E-state index contributed by atoms with van der Waals surface area (Å²) in [7, 11) is 1.40. The summed E-state index contributed by atoms with van der Waals surface area (Å²) in [5, 5.41) is 0. The van der Waals surface area contributed by atoms with Gasteiger partial charge in [-0.25, -0.2) is 8.78 Å². The summed E-state index contributed by atoms with van der Waals surface area (Å²) < 4.78 is 31.4. The first-order chi connectivity index (χ1) is 7.04. The van der Waals surface area contributed by atoms with Gasteiger partial charge in [0.25, 0.3) is 0 Å². The Bertz CT molecular complexity index is 375. The lowest BCUT2D eigenvalue weighted by atomic mass is 10.1. The van der Waals surface area contributed by atoms with Crippen molar-refractivity contribution in [2.24, 2.45) is 0 Å². The molecule has 0 radical (unpaired) electrons. The lowest BCUT2D eigenvalue weighted by Gasteiger charge is -2.06. The second-order valence-electron chi connectivity index (χ2n) is 3.35. The molecule has 0 aliphatic rings. The summed E-state index contributed by atoms with van der Waals surface area (Å²) in [5.74, 6) is -1.32. The zero-order chi connectivity index (χ0) is 11.4. The molecule has 0 heterocycles. The van der Waals surface area contributed by atoms with Crippen LogP contribution in [-0.4, -0.2) is 12.9 Å². The highest BCUT2D eigenvalue weighted by molar-refractivity contribution is 5.78. The minimum absolute atomic E-state index is 0.0170. The molecule has 2 nitrogen and oxygen atoms in total. The molecule has 0 fully saturated rings. The van der Waals surface area contributed by atoms with Crippen LogP contribution in [0.4, 0.5) is 8.78 Å². The predicted molar refractivity (Wildman–Crippen MR) is 51.5 cm³/mol. The van der Waals surface area contributed by atoms with Crippen molar-refractivity contribution >= 4 is 5.78 Å². The molecule has 0 saturated heterocycles. The SMILES string of the molecule is COCc1cc(F)c(CC(C)=O)cc1F. The van der Waals surface area contributed by atoms with Crippen LogP contribution in [0.15, 0.2) is 12.1 Å². The van der Waals surface area contributed by atoms with Crippen molar-refractivity contribution in [2.75, 3.05) is 7.11 Å². The molecule has 15 heavy (non-hydrogen) atoms. The number of benzene rings is 1. The molecule has 0 bridgehead atoms. The molecule has 0 amide bonds. The van der Waals surface area contributed by atoms with Crippen molar-refractivity contribution in [3.05, 3.63) is 34.9 Å². The molecular weight excluding hydrogens is 202 g/mol. The third-order valence-corrected chi connectivity index (χ3v) is 1.95. The molecule has 0 unspecified atom stereocenters. The van der Waals surface area contributed by atoms with E-state index in [0.29, 0.717) is 0 Å². The highest BCUT2D eigenvalue weighted by Crippen LogP contribution is 2.16. The van der Waals surface area contributed by atoms with Crippen molar-refractivity contribution in [3.8, 4) is 0 Å². The van der Waals surface area contributed by atoms with Crippen molar-refractivity contribution in [1.29, 1.82) is 0 Å². The van der Waals surface area contributed by atoms with Gasteiger partial charge in [-0.3, -0.25) is 4.79 Å². The van der Waals surface area contributed by atoms with Gasteiger partial charge in [-0.2, -0.15) is 0 Å². The fourth-order valence-corrected chi connectivity index (χ4v) is 1.30. The maximum Gasteiger partial charge on any atom is 0.134 e. The Morgan fingerprint density at radius 2 is 1.80 bits per heavy atom. The van der Waals surface area contributed by atoms with Gasteiger partial charge in [0.05, 0.1) is 6.61 Å². The van der Waals surface area contributed by atoms with E-state index >= 15 is 0 Å². The van der Waals surface area contributed by atoms with Crippen LogP contribution in [0.5, 0.6) is 0 Å². The lowest BCUT2D eigenvalue weighted by Crippen LogP contribution is -2.03. The molecule has 0 atom stereocenters. The molecule has 82 valence electrons. The Hall–Kier alpha value is -1.29. The largest absolute Gasteiger partial charge is 0.380 e. The molecule has 0 saturated carbocycles. The maximum atomic E-state index is 13.3. The van der Waals surface area contributed by atoms with Crippen molar-refractivity contribution < 1.29 is 18.3 Å². The van der Waals surface area contributed by atoms with Gasteiger partial charge < -0.3 is 4.74 Å². The molecule has 1 aromatic rings. The first-order valence-electron chi connectivity index (χ1n) is 4.49. The summed E-state index contributed by atoms with van der Waals surface area (Å²) in [6.45, 7) is 1.35. The van der Waals surface area contributed by atoms with Gasteiger partial charge in [-0.05, 0) is 24.6 Å². The Kier molecular flexibility index (Phi) is 3.91. The smallest absolute Gasteiger partial charge is 0.134 e. The Morgan fingerprint density at radius 3 is 2.33 bits per heavy atom. The molecule has 0 spiro atoms. The van der Waals surface area contributed by atoms with Gasteiger partial charge >= 0.3 is 0 Å². The van der Waals surface area contributed by atoms with Crippen LogP contribution in [0.2, 0.25) is 0 Å². The minimum Gasteiger partial charge on any atom is -0.380 e. The number of hydrogen-bond acceptors (Lipinski definition) is 2. The summed E-state index contributed by atoms with van der Waals surface area (Å²) in [6.07, 6.45) is -0.0873. The summed E-state index contributed by atoms with van der Waals surface area (Å²) in [5.41, 5.74) is 0.238. The molecule has 0 N–H and O–H groups in total. The van der Waals surface area contributed by atoms with E-state index in [-0.39, 0.29) is 29.9 Å². The topological polar surface area (TPSA) is 26.3 Å². The summed E-state index contributed by atoms with van der Waals surface area (Å²) in [4.78, 5) is 10.8. The summed E-state index contributed by atoms with van der Waals surface area (Å²) >= 11 is 0. The Balaban J connectivity index is 3.02. The van der Waals surface area contributed by atoms with E-state index in [2.05, 4.69) is 0 Å². The second kappa shape index (κ2) is 4.98. The molecule has 0 aliphatic carbocycles. The normalized spacial score (nSPS) is 10.4. The van der Waals surface area contributed by atoms with Gasteiger partial charge in [-0.15, -0.1) is 0 Å². The Morgan fingerprint density at radius 1 is 1.27 bits per heavy atom. The molecule has 4 heteroatoms. The molecular formula is C11H12F2O2. The standard InChI is InChI=1S/C11H12F2O2/c1-7(14)3-8-4-11(13)9(6-15-2)5-10(8)12/h4-5H,3,6H2,1-2H3. The zero-order valence-electron chi connectivity index (χ0n) is 8.64. The first-order valence-corrected chi connectivity index (χ1v) is 4.49. The van der Waals surface area contributed by atoms with Gasteiger partial charge in [0, 0.05) is 19.1 Å². The molecule has 0 aliphatic heterocycles. The van der Waals surface area contributed by atoms with Crippen LogP contribution in [0.1, 0.15) is 18.1 Å². The molecule has 1 rings (SSSR count). The average Bonchev–Trinajstić information content (AvgIpc) is 2.13. The third-order valence-electron chi connectivity index (χ3n) is 1.95. The second-order valence-corrected chi connectivity index (χ2v) is 3.35. The van der Waals surface area contributed by atoms with Crippen LogP contribution < -0.4 is 0 Å². The van der Waals surface area contributed by atoms with E-state index < -0.39 is 11.6 Å². The highest BCUT2D eigenvalue weighted by atomic mass is 19.1. The quantitative estimate of drug-likeness (QED) is 0.768. The fourth-order valence-electron chi connectivity index (χ4n) is 1.30. The van der Waals surface area contributed by atoms with Crippen molar-refractivity contribution in [3.63, 3.8) is 0 Å². The minimum atomic E-state index is -0.571. The fraction of sp³-hybridized carbons (Fsp3) is 0.364. The first kappa shape index (κ1) is 11.8. The van der Waals surface area contributed by atoms with Gasteiger partial charge in [0.15, 0.2) is 0 Å². The highest BCUT2D eigenvalue weighted by Gasteiger charge is 2.11. The maximum absolute atomic E-state index is 13.3.